The number of aliphatic hydroxyl groups excluding tert-OH is 1. The average Bonchev–Trinajstić information content (AvgIpc) is 2.88. The fourth-order valence-corrected chi connectivity index (χ4v) is 3.04. The van der Waals surface area contributed by atoms with E-state index in [2.05, 4.69) is 5.32 Å². The maximum Gasteiger partial charge on any atom is 0.126 e. The molecule has 1 unspecified atom stereocenters. The second kappa shape index (κ2) is 5.37. The molecule has 0 saturated heterocycles. The van der Waals surface area contributed by atoms with Crippen molar-refractivity contribution >= 4 is 5.69 Å². The van der Waals surface area contributed by atoms with Gasteiger partial charge in [-0.15, -0.1) is 0 Å². The predicted octanol–water partition coefficient (Wildman–Crippen LogP) is 3.08. The summed E-state index contributed by atoms with van der Waals surface area (Å²) in [6.07, 6.45) is 1.29. The highest BCUT2D eigenvalue weighted by Gasteiger charge is 2.39. The molecule has 3 rings (SSSR count). The number of hydrogen-bond acceptors (Lipinski definition) is 3. The summed E-state index contributed by atoms with van der Waals surface area (Å²) in [7, 11) is 1.61. The van der Waals surface area contributed by atoms with Crippen LogP contribution in [0.5, 0.6) is 5.75 Å². The highest BCUT2D eigenvalue weighted by atomic mass is 19.1. The maximum absolute atomic E-state index is 13.9. The van der Waals surface area contributed by atoms with Crippen LogP contribution >= 0.6 is 0 Å². The summed E-state index contributed by atoms with van der Waals surface area (Å²) in [5, 5.41) is 13.3. The molecular formula is C17H18FNO2. The second-order valence-electron chi connectivity index (χ2n) is 5.36. The molecule has 4 heteroatoms. The van der Waals surface area contributed by atoms with E-state index in [0.29, 0.717) is 18.4 Å². The summed E-state index contributed by atoms with van der Waals surface area (Å²) >= 11 is 0. The van der Waals surface area contributed by atoms with E-state index < -0.39 is 5.54 Å². The molecule has 0 fully saturated rings. The molecule has 21 heavy (non-hydrogen) atoms. The zero-order valence-electron chi connectivity index (χ0n) is 11.9. The number of methoxy groups -OCH3 is 1. The lowest BCUT2D eigenvalue weighted by Gasteiger charge is -2.31. The first-order chi connectivity index (χ1) is 10.2. The van der Waals surface area contributed by atoms with Crippen molar-refractivity contribution in [2.45, 2.75) is 18.4 Å². The molecule has 0 spiro atoms. The summed E-state index contributed by atoms with van der Waals surface area (Å²) in [5.74, 6) is 0.542. The van der Waals surface area contributed by atoms with E-state index >= 15 is 0 Å². The van der Waals surface area contributed by atoms with Crippen molar-refractivity contribution in [2.75, 3.05) is 19.0 Å². The largest absolute Gasteiger partial charge is 0.497 e. The second-order valence-corrected chi connectivity index (χ2v) is 5.36. The van der Waals surface area contributed by atoms with E-state index in [0.717, 1.165) is 17.0 Å². The lowest BCUT2D eigenvalue weighted by molar-refractivity contribution is 0.211. The van der Waals surface area contributed by atoms with Crippen molar-refractivity contribution in [1.82, 2.24) is 0 Å². The minimum atomic E-state index is -0.635. The van der Waals surface area contributed by atoms with E-state index in [4.69, 9.17) is 4.74 Å². The zero-order chi connectivity index (χ0) is 14.9. The molecule has 0 aliphatic heterocycles. The Labute approximate surface area is 123 Å². The molecule has 110 valence electrons. The normalized spacial score (nSPS) is 20.1. The summed E-state index contributed by atoms with van der Waals surface area (Å²) in [6.45, 7) is -0.0827. The highest BCUT2D eigenvalue weighted by Crippen LogP contribution is 2.40. The number of anilines is 1. The molecule has 0 amide bonds. The van der Waals surface area contributed by atoms with Gasteiger partial charge in [0.1, 0.15) is 11.6 Å². The van der Waals surface area contributed by atoms with Gasteiger partial charge in [-0.2, -0.15) is 0 Å². The van der Waals surface area contributed by atoms with E-state index in [1.165, 1.54) is 6.07 Å². The highest BCUT2D eigenvalue weighted by molar-refractivity contribution is 5.54. The topological polar surface area (TPSA) is 41.5 Å². The monoisotopic (exact) mass is 287 g/mol. The van der Waals surface area contributed by atoms with Crippen LogP contribution in [0.3, 0.4) is 0 Å². The van der Waals surface area contributed by atoms with Gasteiger partial charge in [0.15, 0.2) is 0 Å². The Bertz CT molecular complexity index is 659. The van der Waals surface area contributed by atoms with Crippen molar-refractivity contribution < 1.29 is 14.2 Å². The molecule has 2 N–H and O–H groups in total. The van der Waals surface area contributed by atoms with Gasteiger partial charge < -0.3 is 15.2 Å². The van der Waals surface area contributed by atoms with Crippen LogP contribution in [0.2, 0.25) is 0 Å². The number of fused-ring (bicyclic) bond motifs is 1. The van der Waals surface area contributed by atoms with Crippen LogP contribution in [0.4, 0.5) is 10.1 Å². The van der Waals surface area contributed by atoms with E-state index in [1.54, 1.807) is 13.2 Å². The number of hydrogen-bond donors (Lipinski definition) is 2. The number of rotatable bonds is 4. The van der Waals surface area contributed by atoms with Crippen LogP contribution in [-0.4, -0.2) is 18.8 Å². The third kappa shape index (κ3) is 2.36. The summed E-state index contributed by atoms with van der Waals surface area (Å²) in [4.78, 5) is 0. The lowest BCUT2D eigenvalue weighted by atomic mass is 9.92. The Hall–Kier alpha value is -2.07. The molecule has 1 aliphatic carbocycles. The molecule has 2 aromatic rings. The molecule has 0 bridgehead atoms. The smallest absolute Gasteiger partial charge is 0.126 e. The van der Waals surface area contributed by atoms with Gasteiger partial charge in [0.05, 0.1) is 19.3 Å². The molecule has 1 atom stereocenters. The Kier molecular flexibility index (Phi) is 3.55. The van der Waals surface area contributed by atoms with Gasteiger partial charge >= 0.3 is 0 Å². The lowest BCUT2D eigenvalue weighted by Crippen LogP contribution is -2.36. The van der Waals surface area contributed by atoms with E-state index in [-0.39, 0.29) is 12.4 Å². The number of ether oxygens (including phenoxy) is 1. The van der Waals surface area contributed by atoms with Gasteiger partial charge in [-0.1, -0.05) is 18.2 Å². The van der Waals surface area contributed by atoms with Crippen LogP contribution in [-0.2, 0) is 12.0 Å². The van der Waals surface area contributed by atoms with Crippen molar-refractivity contribution in [3.63, 3.8) is 0 Å². The number of nitrogens with one attached hydrogen (secondary N) is 1. The Morgan fingerprint density at radius 2 is 2.10 bits per heavy atom. The van der Waals surface area contributed by atoms with Gasteiger partial charge in [0.25, 0.3) is 0 Å². The molecule has 0 heterocycles. The third-order valence-electron chi connectivity index (χ3n) is 4.16. The van der Waals surface area contributed by atoms with Crippen LogP contribution in [0.1, 0.15) is 17.5 Å². The third-order valence-corrected chi connectivity index (χ3v) is 4.16. The zero-order valence-corrected chi connectivity index (χ0v) is 11.9. The first-order valence-electron chi connectivity index (χ1n) is 6.99. The number of aliphatic hydroxyl groups is 1. The van der Waals surface area contributed by atoms with Gasteiger partial charge in [-0.25, -0.2) is 4.39 Å². The standard InChI is InChI=1S/C17H18FNO2/c1-21-13-5-2-4-12(10-13)19-17(11-20)9-8-14-15(17)6-3-7-16(14)18/h2-7,10,19-20H,8-9,11H2,1H3. The van der Waals surface area contributed by atoms with Gasteiger partial charge in [0, 0.05) is 11.8 Å². The maximum atomic E-state index is 13.9. The molecule has 2 aromatic carbocycles. The summed E-state index contributed by atoms with van der Waals surface area (Å²) < 4.78 is 19.1. The first-order valence-corrected chi connectivity index (χ1v) is 6.99. The van der Waals surface area contributed by atoms with E-state index in [9.17, 15) is 9.50 Å². The van der Waals surface area contributed by atoms with Crippen molar-refractivity contribution in [3.05, 3.63) is 59.4 Å². The first kappa shape index (κ1) is 13.9. The summed E-state index contributed by atoms with van der Waals surface area (Å²) in [6, 6.07) is 12.6. The van der Waals surface area contributed by atoms with Crippen molar-refractivity contribution in [1.29, 1.82) is 0 Å². The Morgan fingerprint density at radius 3 is 2.86 bits per heavy atom. The van der Waals surface area contributed by atoms with E-state index in [1.807, 2.05) is 30.3 Å². The van der Waals surface area contributed by atoms with Crippen molar-refractivity contribution in [3.8, 4) is 5.75 Å². The summed E-state index contributed by atoms with van der Waals surface area (Å²) in [5.41, 5.74) is 1.75. The van der Waals surface area contributed by atoms with Gasteiger partial charge in [0.2, 0.25) is 0 Å². The fourth-order valence-electron chi connectivity index (χ4n) is 3.04. The minimum Gasteiger partial charge on any atom is -0.497 e. The molecule has 0 aromatic heterocycles. The Balaban J connectivity index is 1.98. The molecular weight excluding hydrogens is 269 g/mol. The SMILES string of the molecule is COc1cccc(NC2(CO)CCc3c(F)cccc32)c1. The van der Waals surface area contributed by atoms with Crippen LogP contribution in [0.25, 0.3) is 0 Å². The van der Waals surface area contributed by atoms with Crippen molar-refractivity contribution in [2.24, 2.45) is 0 Å². The minimum absolute atomic E-state index is 0.0827. The van der Waals surface area contributed by atoms with Gasteiger partial charge in [-0.05, 0) is 42.2 Å². The van der Waals surface area contributed by atoms with Crippen LogP contribution < -0.4 is 10.1 Å². The van der Waals surface area contributed by atoms with Crippen LogP contribution in [0, 0.1) is 5.82 Å². The number of benzene rings is 2. The molecule has 3 nitrogen and oxygen atoms in total. The van der Waals surface area contributed by atoms with Crippen LogP contribution in [0.15, 0.2) is 42.5 Å². The average molecular weight is 287 g/mol. The number of halogens is 1. The molecule has 0 radical (unpaired) electrons. The molecule has 1 aliphatic rings. The quantitative estimate of drug-likeness (QED) is 0.908. The fraction of sp³-hybridized carbons (Fsp3) is 0.294. The Morgan fingerprint density at radius 1 is 1.29 bits per heavy atom. The molecule has 0 saturated carbocycles. The van der Waals surface area contributed by atoms with Gasteiger partial charge in [-0.3, -0.25) is 0 Å². The predicted molar refractivity (Wildman–Crippen MR) is 80.1 cm³/mol.